The number of carbonyl (C=O) groups excluding carboxylic acids is 2. The van der Waals surface area contributed by atoms with Crippen LogP contribution in [0.15, 0.2) is 6.07 Å². The van der Waals surface area contributed by atoms with Gasteiger partial charge >= 0.3 is 0 Å². The summed E-state index contributed by atoms with van der Waals surface area (Å²) in [6.07, 6.45) is 1.53. The maximum Gasteiger partial charge on any atom is 0.245 e. The molecule has 1 unspecified atom stereocenters. The van der Waals surface area contributed by atoms with Crippen LogP contribution in [0.4, 0.5) is 0 Å². The molecule has 1 N–H and O–H groups in total. The number of hydrogen-bond donors (Lipinski definition) is 1. The van der Waals surface area contributed by atoms with Crippen LogP contribution in [-0.2, 0) is 29.6 Å². The van der Waals surface area contributed by atoms with E-state index in [4.69, 9.17) is 0 Å². The maximum absolute atomic E-state index is 12.5. The highest BCUT2D eigenvalue weighted by molar-refractivity contribution is 5.94. The van der Waals surface area contributed by atoms with Gasteiger partial charge in [-0.05, 0) is 24.8 Å². The number of amides is 2. The summed E-state index contributed by atoms with van der Waals surface area (Å²) in [5.74, 6) is 0.281. The van der Waals surface area contributed by atoms with Crippen molar-refractivity contribution in [1.29, 1.82) is 0 Å². The number of nitrogens with one attached hydrogen (secondary N) is 1. The van der Waals surface area contributed by atoms with Crippen molar-refractivity contribution in [3.05, 3.63) is 17.5 Å². The molecule has 0 bridgehead atoms. The molecule has 1 atom stereocenters. The summed E-state index contributed by atoms with van der Waals surface area (Å²) < 4.78 is 1.79. The van der Waals surface area contributed by atoms with Crippen LogP contribution in [0, 0.1) is 5.92 Å². The molecule has 0 aliphatic carbocycles. The molecule has 0 saturated carbocycles. The van der Waals surface area contributed by atoms with Crippen molar-refractivity contribution in [2.75, 3.05) is 6.54 Å². The Bertz CT molecular complexity index is 536. The molecule has 1 fully saturated rings. The zero-order valence-corrected chi connectivity index (χ0v) is 13.2. The van der Waals surface area contributed by atoms with E-state index < -0.39 is 6.04 Å². The summed E-state index contributed by atoms with van der Waals surface area (Å²) in [5.41, 5.74) is 1.96. The lowest BCUT2D eigenvalue weighted by atomic mass is 10.0. The van der Waals surface area contributed by atoms with E-state index in [1.807, 2.05) is 33.9 Å². The SMILES string of the molecule is CCc1cc(CN2CC(=O)NC(CC(C)C)C2=O)n(C)n1. The molecular weight excluding hydrogens is 268 g/mol. The Kier molecular flexibility index (Phi) is 4.65. The van der Waals surface area contributed by atoms with E-state index in [1.165, 1.54) is 0 Å². The predicted molar refractivity (Wildman–Crippen MR) is 79.4 cm³/mol. The second kappa shape index (κ2) is 6.28. The second-order valence-electron chi connectivity index (χ2n) is 6.05. The Morgan fingerprint density at radius 2 is 2.14 bits per heavy atom. The van der Waals surface area contributed by atoms with Crippen LogP contribution < -0.4 is 5.32 Å². The summed E-state index contributed by atoms with van der Waals surface area (Å²) in [6.45, 7) is 6.70. The van der Waals surface area contributed by atoms with Crippen LogP contribution >= 0.6 is 0 Å². The van der Waals surface area contributed by atoms with Crippen LogP contribution in [-0.4, -0.2) is 39.1 Å². The first kappa shape index (κ1) is 15.5. The molecule has 1 saturated heterocycles. The van der Waals surface area contributed by atoms with E-state index in [1.54, 1.807) is 9.58 Å². The number of hydrogen-bond acceptors (Lipinski definition) is 3. The molecule has 1 aliphatic rings. The van der Waals surface area contributed by atoms with Crippen LogP contribution in [0.25, 0.3) is 0 Å². The third kappa shape index (κ3) is 3.62. The van der Waals surface area contributed by atoms with Gasteiger partial charge in [0, 0.05) is 7.05 Å². The van der Waals surface area contributed by atoms with Crippen molar-refractivity contribution in [3.63, 3.8) is 0 Å². The number of nitrogens with zero attached hydrogens (tertiary/aromatic N) is 3. The topological polar surface area (TPSA) is 67.2 Å². The van der Waals surface area contributed by atoms with E-state index in [0.29, 0.717) is 18.9 Å². The Labute approximate surface area is 125 Å². The molecule has 6 heteroatoms. The van der Waals surface area contributed by atoms with Crippen molar-refractivity contribution < 1.29 is 9.59 Å². The molecule has 2 amide bonds. The highest BCUT2D eigenvalue weighted by atomic mass is 16.2. The van der Waals surface area contributed by atoms with Gasteiger partial charge in [-0.2, -0.15) is 5.10 Å². The Balaban J connectivity index is 2.12. The van der Waals surface area contributed by atoms with Gasteiger partial charge in [-0.3, -0.25) is 14.3 Å². The smallest absolute Gasteiger partial charge is 0.245 e. The second-order valence-corrected chi connectivity index (χ2v) is 6.05. The molecule has 6 nitrogen and oxygen atoms in total. The zero-order chi connectivity index (χ0) is 15.6. The van der Waals surface area contributed by atoms with Gasteiger partial charge in [-0.15, -0.1) is 0 Å². The summed E-state index contributed by atoms with van der Waals surface area (Å²) in [6, 6.07) is 1.60. The lowest BCUT2D eigenvalue weighted by Gasteiger charge is -2.33. The van der Waals surface area contributed by atoms with Crippen molar-refractivity contribution in [2.45, 2.75) is 46.2 Å². The van der Waals surface area contributed by atoms with Gasteiger partial charge in [0.2, 0.25) is 11.8 Å². The Morgan fingerprint density at radius 1 is 1.43 bits per heavy atom. The van der Waals surface area contributed by atoms with Gasteiger partial charge in [-0.25, -0.2) is 0 Å². The Hall–Kier alpha value is -1.85. The minimum atomic E-state index is -0.398. The molecule has 2 rings (SSSR count). The van der Waals surface area contributed by atoms with Crippen molar-refractivity contribution >= 4 is 11.8 Å². The lowest BCUT2D eigenvalue weighted by molar-refractivity contribution is -0.145. The Morgan fingerprint density at radius 3 is 2.71 bits per heavy atom. The molecular formula is C15H24N4O2. The van der Waals surface area contributed by atoms with Crippen LogP contribution in [0.2, 0.25) is 0 Å². The highest BCUT2D eigenvalue weighted by Crippen LogP contribution is 2.15. The average Bonchev–Trinajstić information content (AvgIpc) is 2.75. The van der Waals surface area contributed by atoms with Gasteiger partial charge in [0.1, 0.15) is 12.6 Å². The zero-order valence-electron chi connectivity index (χ0n) is 13.2. The predicted octanol–water partition coefficient (Wildman–Crippen LogP) is 0.856. The number of carbonyl (C=O) groups is 2. The van der Waals surface area contributed by atoms with Crippen LogP contribution in [0.1, 0.15) is 38.6 Å². The molecule has 0 radical (unpaired) electrons. The molecule has 116 valence electrons. The van der Waals surface area contributed by atoms with Gasteiger partial charge in [0.15, 0.2) is 0 Å². The number of aromatic nitrogens is 2. The largest absolute Gasteiger partial charge is 0.343 e. The third-order valence-corrected chi connectivity index (χ3v) is 3.73. The first-order valence-corrected chi connectivity index (χ1v) is 7.50. The van der Waals surface area contributed by atoms with Gasteiger partial charge < -0.3 is 10.2 Å². The van der Waals surface area contributed by atoms with E-state index in [2.05, 4.69) is 10.4 Å². The summed E-state index contributed by atoms with van der Waals surface area (Å²) >= 11 is 0. The van der Waals surface area contributed by atoms with E-state index >= 15 is 0 Å². The molecule has 1 aliphatic heterocycles. The van der Waals surface area contributed by atoms with Crippen molar-refractivity contribution in [3.8, 4) is 0 Å². The fourth-order valence-corrected chi connectivity index (χ4v) is 2.63. The first-order chi connectivity index (χ1) is 9.90. The maximum atomic E-state index is 12.5. The number of rotatable bonds is 5. The fourth-order valence-electron chi connectivity index (χ4n) is 2.63. The van der Waals surface area contributed by atoms with E-state index in [0.717, 1.165) is 17.8 Å². The molecule has 1 aromatic heterocycles. The van der Waals surface area contributed by atoms with Crippen LogP contribution in [0.3, 0.4) is 0 Å². The first-order valence-electron chi connectivity index (χ1n) is 7.50. The van der Waals surface area contributed by atoms with Gasteiger partial charge in [0.05, 0.1) is 17.9 Å². The van der Waals surface area contributed by atoms with Crippen LogP contribution in [0.5, 0.6) is 0 Å². The monoisotopic (exact) mass is 292 g/mol. The molecule has 21 heavy (non-hydrogen) atoms. The van der Waals surface area contributed by atoms with E-state index in [9.17, 15) is 9.59 Å². The van der Waals surface area contributed by atoms with Crippen molar-refractivity contribution in [1.82, 2.24) is 20.0 Å². The summed E-state index contributed by atoms with van der Waals surface area (Å²) in [5, 5.41) is 7.18. The molecule has 2 heterocycles. The standard InChI is InChI=1S/C15H24N4O2/c1-5-11-7-12(18(4)17-11)8-19-9-14(20)16-13(15(19)21)6-10(2)3/h7,10,13H,5-6,8-9H2,1-4H3,(H,16,20). The quantitative estimate of drug-likeness (QED) is 0.875. The number of piperazine rings is 1. The normalized spacial score (nSPS) is 19.3. The lowest BCUT2D eigenvalue weighted by Crippen LogP contribution is -2.58. The van der Waals surface area contributed by atoms with Crippen molar-refractivity contribution in [2.24, 2.45) is 13.0 Å². The van der Waals surface area contributed by atoms with Gasteiger partial charge in [-0.1, -0.05) is 20.8 Å². The van der Waals surface area contributed by atoms with Gasteiger partial charge in [0.25, 0.3) is 0 Å². The average molecular weight is 292 g/mol. The minimum absolute atomic E-state index is 0.00236. The highest BCUT2D eigenvalue weighted by Gasteiger charge is 2.33. The number of aryl methyl sites for hydroxylation is 2. The molecule has 0 spiro atoms. The third-order valence-electron chi connectivity index (χ3n) is 3.73. The summed E-state index contributed by atoms with van der Waals surface area (Å²) in [4.78, 5) is 25.9. The molecule has 1 aromatic rings. The summed E-state index contributed by atoms with van der Waals surface area (Å²) in [7, 11) is 1.87. The van der Waals surface area contributed by atoms with E-state index in [-0.39, 0.29) is 18.4 Å². The minimum Gasteiger partial charge on any atom is -0.343 e. The molecule has 0 aromatic carbocycles. The fraction of sp³-hybridized carbons (Fsp3) is 0.667.